The zero-order valence-electron chi connectivity index (χ0n) is 15.0. The Labute approximate surface area is 145 Å². The Hall–Kier alpha value is -0.0800. The van der Waals surface area contributed by atoms with Gasteiger partial charge in [-0.15, -0.1) is 0 Å². The number of hydrogen-bond donors (Lipinski definition) is 1. The summed E-state index contributed by atoms with van der Waals surface area (Å²) in [6.07, 6.45) is 21.4. The molecule has 0 saturated heterocycles. The lowest BCUT2D eigenvalue weighted by atomic mass is 10.0. The van der Waals surface area contributed by atoms with E-state index < -0.39 is 0 Å². The third kappa shape index (κ3) is 19.9. The SMILES string of the molecule is CCCCCCCCCCCCCCCCCC(=O)C[NH3+].[Cl-]. The molecule has 0 aromatic heterocycles. The van der Waals surface area contributed by atoms with Crippen LogP contribution in [0.15, 0.2) is 0 Å². The van der Waals surface area contributed by atoms with Gasteiger partial charge in [0.1, 0.15) is 6.54 Å². The third-order valence-electron chi connectivity index (χ3n) is 4.34. The Kier molecular flexibility index (Phi) is 23.0. The van der Waals surface area contributed by atoms with Gasteiger partial charge in [-0.05, 0) is 6.42 Å². The van der Waals surface area contributed by atoms with Gasteiger partial charge in [0.2, 0.25) is 0 Å². The molecule has 0 saturated carbocycles. The Morgan fingerprint density at radius 3 is 1.27 bits per heavy atom. The fraction of sp³-hybridized carbons (Fsp3) is 0.947. The standard InChI is InChI=1S/C19H39NO.ClH/c1-2-3-4-5-6-7-8-9-10-11-12-13-14-15-16-17-19(21)18-20;/h2-18,20H2,1H3;1H. The molecule has 0 rings (SSSR count). The summed E-state index contributed by atoms with van der Waals surface area (Å²) < 4.78 is 0. The summed E-state index contributed by atoms with van der Waals surface area (Å²) in [5, 5.41) is 0. The Bertz CT molecular complexity index is 221. The van der Waals surface area contributed by atoms with Crippen LogP contribution >= 0.6 is 0 Å². The minimum atomic E-state index is 0. The molecule has 0 heterocycles. The number of carbonyl (C=O) groups is 1. The molecule has 3 N–H and O–H groups in total. The molecule has 0 radical (unpaired) electrons. The summed E-state index contributed by atoms with van der Waals surface area (Å²) in [7, 11) is 0. The van der Waals surface area contributed by atoms with Gasteiger partial charge in [-0.2, -0.15) is 0 Å². The van der Waals surface area contributed by atoms with Crippen LogP contribution in [0.4, 0.5) is 0 Å². The molecule has 0 amide bonds. The molecule has 22 heavy (non-hydrogen) atoms. The van der Waals surface area contributed by atoms with E-state index in [9.17, 15) is 4.79 Å². The number of carbonyl (C=O) groups excluding carboxylic acids is 1. The van der Waals surface area contributed by atoms with Crippen molar-refractivity contribution in [2.24, 2.45) is 0 Å². The van der Waals surface area contributed by atoms with Gasteiger partial charge < -0.3 is 18.1 Å². The molecule has 0 aliphatic carbocycles. The quantitative estimate of drug-likeness (QED) is 0.407. The number of quaternary nitrogens is 1. The Morgan fingerprint density at radius 1 is 0.636 bits per heavy atom. The maximum absolute atomic E-state index is 11.1. The second-order valence-corrected chi connectivity index (χ2v) is 6.49. The molecule has 3 heteroatoms. The van der Waals surface area contributed by atoms with Gasteiger partial charge in [-0.1, -0.05) is 96.8 Å². The average Bonchev–Trinajstić information content (AvgIpc) is 2.50. The van der Waals surface area contributed by atoms with Gasteiger partial charge in [0, 0.05) is 6.42 Å². The second kappa shape index (κ2) is 20.9. The maximum Gasteiger partial charge on any atom is 0.186 e. The zero-order valence-corrected chi connectivity index (χ0v) is 15.8. The lowest BCUT2D eigenvalue weighted by molar-refractivity contribution is -0.354. The Balaban J connectivity index is 0. The maximum atomic E-state index is 11.1. The molecule has 0 aliphatic rings. The number of unbranched alkanes of at least 4 members (excludes halogenated alkanes) is 14. The van der Waals surface area contributed by atoms with Crippen LogP contribution in [0, 0.1) is 0 Å². The van der Waals surface area contributed by atoms with E-state index in [0.717, 1.165) is 12.8 Å². The van der Waals surface area contributed by atoms with Crippen LogP contribution < -0.4 is 18.1 Å². The summed E-state index contributed by atoms with van der Waals surface area (Å²) in [5.74, 6) is 0.324. The minimum absolute atomic E-state index is 0. The summed E-state index contributed by atoms with van der Waals surface area (Å²) in [6.45, 7) is 2.75. The van der Waals surface area contributed by atoms with Gasteiger partial charge >= 0.3 is 0 Å². The van der Waals surface area contributed by atoms with Crippen molar-refractivity contribution in [3.05, 3.63) is 0 Å². The molecular weight excluding hydrogens is 294 g/mol. The topological polar surface area (TPSA) is 44.7 Å². The van der Waals surface area contributed by atoms with Crippen molar-refractivity contribution >= 4 is 5.78 Å². The van der Waals surface area contributed by atoms with Crippen molar-refractivity contribution in [1.29, 1.82) is 0 Å². The molecule has 0 atom stereocenters. The van der Waals surface area contributed by atoms with Crippen molar-refractivity contribution < 1.29 is 22.9 Å². The summed E-state index contributed by atoms with van der Waals surface area (Å²) >= 11 is 0. The van der Waals surface area contributed by atoms with Gasteiger partial charge in [-0.25, -0.2) is 0 Å². The smallest absolute Gasteiger partial charge is 0.186 e. The number of Topliss-reactive ketones (excluding diaryl/α,β-unsaturated/α-hetero) is 1. The lowest BCUT2D eigenvalue weighted by Crippen LogP contribution is -3.00. The van der Waals surface area contributed by atoms with Crippen LogP contribution in [-0.2, 0) is 4.79 Å². The van der Waals surface area contributed by atoms with Crippen molar-refractivity contribution in [2.45, 2.75) is 110 Å². The summed E-state index contributed by atoms with van der Waals surface area (Å²) in [4.78, 5) is 11.1. The van der Waals surface area contributed by atoms with E-state index in [2.05, 4.69) is 12.7 Å². The highest BCUT2D eigenvalue weighted by Crippen LogP contribution is 2.13. The monoisotopic (exact) mass is 333 g/mol. The van der Waals surface area contributed by atoms with Crippen LogP contribution in [-0.4, -0.2) is 12.3 Å². The van der Waals surface area contributed by atoms with Gasteiger partial charge in [0.15, 0.2) is 5.78 Å². The first-order valence-electron chi connectivity index (χ1n) is 9.62. The van der Waals surface area contributed by atoms with E-state index in [1.807, 2.05) is 0 Å². The molecule has 0 aromatic rings. The van der Waals surface area contributed by atoms with Crippen LogP contribution in [0.25, 0.3) is 0 Å². The Morgan fingerprint density at radius 2 is 0.955 bits per heavy atom. The normalized spacial score (nSPS) is 10.5. The number of ketones is 1. The third-order valence-corrected chi connectivity index (χ3v) is 4.34. The summed E-state index contributed by atoms with van der Waals surface area (Å²) in [5.41, 5.74) is 3.62. The van der Waals surface area contributed by atoms with Crippen molar-refractivity contribution in [3.63, 3.8) is 0 Å². The van der Waals surface area contributed by atoms with Gasteiger partial charge in [0.25, 0.3) is 0 Å². The molecule has 2 nitrogen and oxygen atoms in total. The lowest BCUT2D eigenvalue weighted by Gasteiger charge is -2.03. The average molecular weight is 334 g/mol. The number of halogens is 1. The molecular formula is C19H40ClNO. The highest BCUT2D eigenvalue weighted by molar-refractivity contribution is 5.78. The highest BCUT2D eigenvalue weighted by Gasteiger charge is 1.99. The van der Waals surface area contributed by atoms with Crippen LogP contribution in [0.3, 0.4) is 0 Å². The minimum Gasteiger partial charge on any atom is -1.00 e. The first kappa shape index (κ1) is 24.2. The van der Waals surface area contributed by atoms with Crippen LogP contribution in [0.5, 0.6) is 0 Å². The van der Waals surface area contributed by atoms with E-state index in [1.165, 1.54) is 89.9 Å². The fourth-order valence-corrected chi connectivity index (χ4v) is 2.82. The molecule has 134 valence electrons. The van der Waals surface area contributed by atoms with Crippen molar-refractivity contribution in [2.75, 3.05) is 6.54 Å². The molecule has 0 bridgehead atoms. The van der Waals surface area contributed by atoms with E-state index in [-0.39, 0.29) is 12.4 Å². The predicted octanol–water partition coefficient (Wildman–Crippen LogP) is 2.06. The molecule has 0 fully saturated rings. The molecule has 0 aromatic carbocycles. The summed E-state index contributed by atoms with van der Waals surface area (Å²) in [6, 6.07) is 0. The second-order valence-electron chi connectivity index (χ2n) is 6.49. The zero-order chi connectivity index (χ0) is 15.6. The first-order valence-corrected chi connectivity index (χ1v) is 9.62. The van der Waals surface area contributed by atoms with Gasteiger partial charge in [-0.3, -0.25) is 4.79 Å². The van der Waals surface area contributed by atoms with E-state index in [1.54, 1.807) is 0 Å². The van der Waals surface area contributed by atoms with Crippen LogP contribution in [0.2, 0.25) is 0 Å². The first-order chi connectivity index (χ1) is 10.3. The number of hydrogen-bond acceptors (Lipinski definition) is 1. The largest absolute Gasteiger partial charge is 1.00 e. The highest BCUT2D eigenvalue weighted by atomic mass is 35.5. The van der Waals surface area contributed by atoms with Crippen molar-refractivity contribution in [1.82, 2.24) is 0 Å². The van der Waals surface area contributed by atoms with Crippen molar-refractivity contribution in [3.8, 4) is 0 Å². The fourth-order valence-electron chi connectivity index (χ4n) is 2.82. The molecule has 0 unspecified atom stereocenters. The molecule has 0 spiro atoms. The van der Waals surface area contributed by atoms with Crippen LogP contribution in [0.1, 0.15) is 110 Å². The van der Waals surface area contributed by atoms with E-state index in [4.69, 9.17) is 0 Å². The van der Waals surface area contributed by atoms with E-state index >= 15 is 0 Å². The van der Waals surface area contributed by atoms with Gasteiger partial charge in [0.05, 0.1) is 0 Å². The number of rotatable bonds is 17. The molecule has 0 aliphatic heterocycles. The predicted molar refractivity (Wildman–Crippen MR) is 92.3 cm³/mol. The van der Waals surface area contributed by atoms with E-state index in [0.29, 0.717) is 12.3 Å².